The van der Waals surface area contributed by atoms with Crippen molar-refractivity contribution in [2.45, 2.75) is 37.1 Å². The molecule has 2 saturated heterocycles. The standard InChI is InChI=1S/C25H31N3O3/c1-27-14-12-25(30,13-15-27)11-10-20-8-9-24(28-17-22(29)23(18-28)31-2)26-21(20)16-19-6-4-3-5-7-19/h3-9,22-23,29-30H,12-18H2,1-2H3/t22-,23-/m1/s1. The second kappa shape index (κ2) is 9.37. The van der Waals surface area contributed by atoms with Crippen molar-refractivity contribution in [3.63, 3.8) is 0 Å². The zero-order valence-corrected chi connectivity index (χ0v) is 18.3. The Balaban J connectivity index is 1.62. The second-order valence-corrected chi connectivity index (χ2v) is 8.66. The Labute approximate surface area is 184 Å². The number of anilines is 1. The molecule has 2 atom stereocenters. The third kappa shape index (κ3) is 5.25. The Morgan fingerprint density at radius 2 is 1.87 bits per heavy atom. The molecule has 2 aliphatic heterocycles. The third-order valence-electron chi connectivity index (χ3n) is 6.28. The quantitative estimate of drug-likeness (QED) is 0.732. The van der Waals surface area contributed by atoms with Gasteiger partial charge in [0.1, 0.15) is 17.5 Å². The predicted octanol–water partition coefficient (Wildman–Crippen LogP) is 1.68. The van der Waals surface area contributed by atoms with Crippen LogP contribution in [0.25, 0.3) is 0 Å². The van der Waals surface area contributed by atoms with Crippen molar-refractivity contribution >= 4 is 5.82 Å². The summed E-state index contributed by atoms with van der Waals surface area (Å²) in [4.78, 5) is 9.18. The van der Waals surface area contributed by atoms with E-state index in [-0.39, 0.29) is 6.10 Å². The van der Waals surface area contributed by atoms with Crippen LogP contribution in [0.5, 0.6) is 0 Å². The Kier molecular flexibility index (Phi) is 6.59. The number of hydrogen-bond donors (Lipinski definition) is 2. The van der Waals surface area contributed by atoms with E-state index in [0.717, 1.165) is 35.7 Å². The van der Waals surface area contributed by atoms with Crippen LogP contribution in [0.2, 0.25) is 0 Å². The normalized spacial score (nSPS) is 23.4. The first-order valence-electron chi connectivity index (χ1n) is 10.9. The van der Waals surface area contributed by atoms with E-state index in [2.05, 4.69) is 40.8 Å². The molecule has 31 heavy (non-hydrogen) atoms. The number of likely N-dealkylation sites (tertiary alicyclic amines) is 1. The van der Waals surface area contributed by atoms with Crippen LogP contribution in [0.3, 0.4) is 0 Å². The van der Waals surface area contributed by atoms with Crippen molar-refractivity contribution in [3.8, 4) is 11.8 Å². The molecule has 6 heteroatoms. The summed E-state index contributed by atoms with van der Waals surface area (Å²) in [5.41, 5.74) is 1.93. The molecule has 0 spiro atoms. The van der Waals surface area contributed by atoms with Crippen molar-refractivity contribution in [2.24, 2.45) is 0 Å². The van der Waals surface area contributed by atoms with Crippen molar-refractivity contribution in [3.05, 3.63) is 59.3 Å². The molecule has 164 valence electrons. The number of rotatable bonds is 4. The molecule has 6 nitrogen and oxygen atoms in total. The average Bonchev–Trinajstić information content (AvgIpc) is 3.16. The Hall–Kier alpha value is -2.43. The van der Waals surface area contributed by atoms with Crippen LogP contribution in [-0.4, -0.2) is 78.2 Å². The molecular weight excluding hydrogens is 390 g/mol. The zero-order chi connectivity index (χ0) is 21.8. The topological polar surface area (TPSA) is 69.1 Å². The highest BCUT2D eigenvalue weighted by Crippen LogP contribution is 2.24. The molecule has 4 rings (SSSR count). The lowest BCUT2D eigenvalue weighted by molar-refractivity contribution is 0.0217. The summed E-state index contributed by atoms with van der Waals surface area (Å²) >= 11 is 0. The van der Waals surface area contributed by atoms with Gasteiger partial charge in [-0.1, -0.05) is 42.2 Å². The smallest absolute Gasteiger partial charge is 0.129 e. The summed E-state index contributed by atoms with van der Waals surface area (Å²) in [7, 11) is 3.69. The van der Waals surface area contributed by atoms with Gasteiger partial charge in [0.05, 0.1) is 11.8 Å². The van der Waals surface area contributed by atoms with Crippen LogP contribution in [0.15, 0.2) is 42.5 Å². The molecule has 0 amide bonds. The molecule has 0 bridgehead atoms. The van der Waals surface area contributed by atoms with Crippen molar-refractivity contribution in [1.29, 1.82) is 0 Å². The summed E-state index contributed by atoms with van der Waals surface area (Å²) in [6, 6.07) is 14.1. The zero-order valence-electron chi connectivity index (χ0n) is 18.3. The number of methoxy groups -OCH3 is 1. The molecule has 0 radical (unpaired) electrons. The first-order valence-corrected chi connectivity index (χ1v) is 10.9. The van der Waals surface area contributed by atoms with Crippen LogP contribution in [0.1, 0.15) is 29.7 Å². The molecule has 1 aromatic carbocycles. The number of nitrogens with zero attached hydrogens (tertiary/aromatic N) is 3. The van der Waals surface area contributed by atoms with Crippen molar-refractivity contribution in [1.82, 2.24) is 9.88 Å². The number of aliphatic hydroxyl groups excluding tert-OH is 1. The average molecular weight is 422 g/mol. The minimum absolute atomic E-state index is 0.211. The van der Waals surface area contributed by atoms with E-state index < -0.39 is 11.7 Å². The maximum absolute atomic E-state index is 10.9. The molecule has 2 N–H and O–H groups in total. The van der Waals surface area contributed by atoms with Crippen LogP contribution in [-0.2, 0) is 11.2 Å². The van der Waals surface area contributed by atoms with Crippen molar-refractivity contribution < 1.29 is 14.9 Å². The van der Waals surface area contributed by atoms with E-state index in [9.17, 15) is 10.2 Å². The first kappa shape index (κ1) is 21.8. The lowest BCUT2D eigenvalue weighted by Gasteiger charge is -2.32. The Morgan fingerprint density at radius 1 is 1.13 bits per heavy atom. The third-order valence-corrected chi connectivity index (χ3v) is 6.28. The van der Waals surface area contributed by atoms with E-state index in [1.165, 1.54) is 0 Å². The molecule has 3 heterocycles. The summed E-state index contributed by atoms with van der Waals surface area (Å²) < 4.78 is 5.38. The highest BCUT2D eigenvalue weighted by Gasteiger charge is 2.32. The van der Waals surface area contributed by atoms with Crippen LogP contribution < -0.4 is 4.90 Å². The molecule has 0 aliphatic carbocycles. The number of pyridine rings is 1. The first-order chi connectivity index (χ1) is 15.0. The van der Waals surface area contributed by atoms with Gasteiger partial charge in [-0.15, -0.1) is 0 Å². The second-order valence-electron chi connectivity index (χ2n) is 8.66. The number of β-amino-alcohol motifs (C(OH)–C–C–N with tert-alkyl or cyclic N) is 1. The maximum Gasteiger partial charge on any atom is 0.129 e. The predicted molar refractivity (Wildman–Crippen MR) is 121 cm³/mol. The van der Waals surface area contributed by atoms with E-state index >= 15 is 0 Å². The lowest BCUT2D eigenvalue weighted by Crippen LogP contribution is -2.41. The van der Waals surface area contributed by atoms with E-state index in [1.54, 1.807) is 7.11 Å². The summed E-state index contributed by atoms with van der Waals surface area (Å²) in [5, 5.41) is 21.1. The summed E-state index contributed by atoms with van der Waals surface area (Å²) in [6.07, 6.45) is 1.23. The number of benzene rings is 1. The minimum atomic E-state index is -0.944. The number of aliphatic hydroxyl groups is 2. The largest absolute Gasteiger partial charge is 0.388 e. The lowest BCUT2D eigenvalue weighted by atomic mass is 9.92. The van der Waals surface area contributed by atoms with Gasteiger partial charge >= 0.3 is 0 Å². The van der Waals surface area contributed by atoms with E-state index in [0.29, 0.717) is 32.4 Å². The summed E-state index contributed by atoms with van der Waals surface area (Å²) in [6.45, 7) is 2.79. The Morgan fingerprint density at radius 3 is 2.55 bits per heavy atom. The SMILES string of the molecule is CO[C@@H]1CN(c2ccc(C#CC3(O)CCN(C)CC3)c(Cc3ccccc3)n2)C[C@H]1O. The van der Waals surface area contributed by atoms with Gasteiger partial charge in [-0.2, -0.15) is 0 Å². The highest BCUT2D eigenvalue weighted by atomic mass is 16.5. The molecular formula is C25H31N3O3. The monoisotopic (exact) mass is 421 g/mol. The number of ether oxygens (including phenoxy) is 1. The molecule has 2 aromatic rings. The van der Waals surface area contributed by atoms with E-state index in [1.807, 2.05) is 30.3 Å². The number of piperidine rings is 1. The fourth-order valence-corrected chi connectivity index (χ4v) is 4.18. The molecule has 0 saturated carbocycles. The fraction of sp³-hybridized carbons (Fsp3) is 0.480. The van der Waals surface area contributed by atoms with Crippen molar-refractivity contribution in [2.75, 3.05) is 45.2 Å². The van der Waals surface area contributed by atoms with Gasteiger partial charge in [-0.05, 0) is 24.7 Å². The van der Waals surface area contributed by atoms with Gasteiger partial charge in [-0.3, -0.25) is 0 Å². The molecule has 2 aliphatic rings. The molecule has 2 fully saturated rings. The van der Waals surface area contributed by atoms with Gasteiger partial charge in [0, 0.05) is 58.1 Å². The van der Waals surface area contributed by atoms with E-state index in [4.69, 9.17) is 9.72 Å². The maximum atomic E-state index is 10.9. The molecule has 0 unspecified atom stereocenters. The minimum Gasteiger partial charge on any atom is -0.388 e. The van der Waals surface area contributed by atoms with Gasteiger partial charge in [-0.25, -0.2) is 4.98 Å². The fourth-order valence-electron chi connectivity index (χ4n) is 4.18. The molecule has 1 aromatic heterocycles. The van der Waals surface area contributed by atoms with Gasteiger partial charge in [0.25, 0.3) is 0 Å². The highest BCUT2D eigenvalue weighted by molar-refractivity contribution is 5.50. The van der Waals surface area contributed by atoms with Crippen LogP contribution >= 0.6 is 0 Å². The van der Waals surface area contributed by atoms with Gasteiger partial charge in [0.15, 0.2) is 0 Å². The van der Waals surface area contributed by atoms with Gasteiger partial charge in [0.2, 0.25) is 0 Å². The Bertz CT molecular complexity index is 945. The van der Waals surface area contributed by atoms with Crippen LogP contribution in [0, 0.1) is 11.8 Å². The number of hydrogen-bond acceptors (Lipinski definition) is 6. The number of aromatic nitrogens is 1. The van der Waals surface area contributed by atoms with Gasteiger partial charge < -0.3 is 24.7 Å². The summed E-state index contributed by atoms with van der Waals surface area (Å²) in [5.74, 6) is 7.18. The van der Waals surface area contributed by atoms with Crippen LogP contribution in [0.4, 0.5) is 5.82 Å².